The molecule has 3 heterocycles. The third-order valence-corrected chi connectivity index (χ3v) is 9.54. The van der Waals surface area contributed by atoms with Crippen molar-refractivity contribution in [2.24, 2.45) is 0 Å². The van der Waals surface area contributed by atoms with E-state index >= 15 is 0 Å². The third-order valence-electron chi connectivity index (χ3n) is 6.57. The molecule has 0 saturated carbocycles. The highest BCUT2D eigenvalue weighted by molar-refractivity contribution is 7.92. The van der Waals surface area contributed by atoms with E-state index in [9.17, 15) is 30.0 Å². The van der Waals surface area contributed by atoms with Gasteiger partial charge in [-0.2, -0.15) is 13.2 Å². The molecule has 3 aromatic rings. The summed E-state index contributed by atoms with van der Waals surface area (Å²) in [5.74, 6) is -0.282. The molecule has 1 saturated heterocycles. The fraction of sp³-hybridized carbons (Fsp3) is 0.333. The molecule has 202 valence electrons. The number of sulfonamides is 1. The number of hydrogen-bond donors (Lipinski definition) is 1. The number of alkyl halides is 3. The highest BCUT2D eigenvalue weighted by Gasteiger charge is 2.35. The Morgan fingerprint density at radius 3 is 2.45 bits per heavy atom. The smallest absolute Gasteiger partial charge is 0.416 e. The lowest BCUT2D eigenvalue weighted by Crippen LogP contribution is -2.41. The predicted octanol–water partition coefficient (Wildman–Crippen LogP) is 3.45. The number of halogens is 3. The molecule has 38 heavy (non-hydrogen) atoms. The van der Waals surface area contributed by atoms with Crippen LogP contribution in [0.1, 0.15) is 29.0 Å². The lowest BCUT2D eigenvalue weighted by molar-refractivity contribution is -0.137. The summed E-state index contributed by atoms with van der Waals surface area (Å²) in [5.41, 5.74) is 0.711. The molecule has 5 rings (SSSR count). The minimum atomic E-state index is -4.57. The molecule has 0 bridgehead atoms. The van der Waals surface area contributed by atoms with Gasteiger partial charge in [0.2, 0.25) is 0 Å². The Hall–Kier alpha value is -3.39. The largest absolute Gasteiger partial charge is 0.493 e. The monoisotopic (exact) mass is 568 g/mol. The second-order valence-corrected chi connectivity index (χ2v) is 13.0. The Balaban J connectivity index is 1.52. The van der Waals surface area contributed by atoms with Gasteiger partial charge in [0.1, 0.15) is 17.9 Å². The van der Waals surface area contributed by atoms with Crippen LogP contribution in [0.4, 0.5) is 24.7 Å². The van der Waals surface area contributed by atoms with Crippen LogP contribution >= 0.6 is 0 Å². The van der Waals surface area contributed by atoms with Crippen molar-refractivity contribution in [2.75, 3.05) is 40.8 Å². The Labute approximate surface area is 217 Å². The van der Waals surface area contributed by atoms with E-state index in [2.05, 4.69) is 14.7 Å². The number of nitrogens with zero attached hydrogens (tertiary/aromatic N) is 3. The number of benzene rings is 2. The zero-order valence-electron chi connectivity index (χ0n) is 19.8. The van der Waals surface area contributed by atoms with Crippen molar-refractivity contribution in [1.82, 2.24) is 9.97 Å². The first-order valence-electron chi connectivity index (χ1n) is 11.6. The van der Waals surface area contributed by atoms with E-state index in [0.717, 1.165) is 12.1 Å². The topological polar surface area (TPSA) is 119 Å². The quantitative estimate of drug-likeness (QED) is 0.497. The van der Waals surface area contributed by atoms with E-state index in [1.54, 1.807) is 11.0 Å². The fourth-order valence-electron chi connectivity index (χ4n) is 4.65. The molecule has 1 N–H and O–H groups in total. The molecule has 2 aromatic carbocycles. The number of nitrogens with one attached hydrogen (secondary N) is 1. The van der Waals surface area contributed by atoms with Crippen LogP contribution in [0.5, 0.6) is 5.75 Å². The molecule has 0 amide bonds. The van der Waals surface area contributed by atoms with Gasteiger partial charge < -0.3 is 9.64 Å². The number of rotatable bonds is 5. The summed E-state index contributed by atoms with van der Waals surface area (Å²) in [4.78, 5) is 9.22. The molecule has 0 radical (unpaired) electrons. The number of anilines is 2. The normalized spacial score (nSPS) is 19.3. The Morgan fingerprint density at radius 1 is 1.03 bits per heavy atom. The third kappa shape index (κ3) is 5.41. The summed E-state index contributed by atoms with van der Waals surface area (Å²) in [5, 5.41) is 0. The van der Waals surface area contributed by atoms with Crippen molar-refractivity contribution in [3.8, 4) is 5.75 Å². The summed E-state index contributed by atoms with van der Waals surface area (Å²) in [6.45, 7) is 0.382. The van der Waals surface area contributed by atoms with E-state index in [-0.39, 0.29) is 47.8 Å². The van der Waals surface area contributed by atoms with Crippen LogP contribution in [-0.4, -0.2) is 58.0 Å². The minimum absolute atomic E-state index is 0.0654. The van der Waals surface area contributed by atoms with Crippen LogP contribution in [0.25, 0.3) is 0 Å². The second kappa shape index (κ2) is 9.73. The molecule has 1 fully saturated rings. The molecule has 9 nitrogen and oxygen atoms in total. The van der Waals surface area contributed by atoms with Crippen LogP contribution < -0.4 is 14.4 Å². The van der Waals surface area contributed by atoms with Crippen molar-refractivity contribution in [1.29, 1.82) is 0 Å². The highest BCUT2D eigenvalue weighted by atomic mass is 32.2. The number of hydrogen-bond acceptors (Lipinski definition) is 8. The van der Waals surface area contributed by atoms with Gasteiger partial charge in [-0.1, -0.05) is 12.1 Å². The van der Waals surface area contributed by atoms with Crippen LogP contribution in [-0.2, 0) is 26.0 Å². The van der Waals surface area contributed by atoms with Crippen molar-refractivity contribution in [3.63, 3.8) is 0 Å². The predicted molar refractivity (Wildman–Crippen MR) is 134 cm³/mol. The van der Waals surface area contributed by atoms with Gasteiger partial charge in [-0.25, -0.2) is 26.8 Å². The van der Waals surface area contributed by atoms with Gasteiger partial charge >= 0.3 is 6.18 Å². The molecule has 0 aliphatic carbocycles. The molecule has 2 aliphatic heterocycles. The molecule has 1 atom stereocenters. The highest BCUT2D eigenvalue weighted by Crippen LogP contribution is 2.44. The van der Waals surface area contributed by atoms with E-state index in [1.807, 2.05) is 0 Å². The van der Waals surface area contributed by atoms with E-state index in [1.165, 1.54) is 36.8 Å². The summed E-state index contributed by atoms with van der Waals surface area (Å²) < 4.78 is 98.5. The van der Waals surface area contributed by atoms with E-state index < -0.39 is 31.6 Å². The van der Waals surface area contributed by atoms with E-state index in [4.69, 9.17) is 4.74 Å². The number of ether oxygens (including phenoxy) is 1. The zero-order chi connectivity index (χ0) is 27.1. The van der Waals surface area contributed by atoms with Crippen molar-refractivity contribution in [2.45, 2.75) is 23.4 Å². The van der Waals surface area contributed by atoms with Crippen molar-refractivity contribution in [3.05, 3.63) is 71.7 Å². The number of sulfone groups is 1. The maximum Gasteiger partial charge on any atom is 0.416 e. The summed E-state index contributed by atoms with van der Waals surface area (Å²) in [6.07, 6.45) is -1.52. The molecule has 1 aromatic heterocycles. The van der Waals surface area contributed by atoms with Gasteiger partial charge in [0.15, 0.2) is 9.84 Å². The molecular formula is C24H23F3N4O5S2. The minimum Gasteiger partial charge on any atom is -0.493 e. The number of fused-ring (bicyclic) bond motifs is 1. The summed E-state index contributed by atoms with van der Waals surface area (Å²) in [7, 11) is -7.24. The summed E-state index contributed by atoms with van der Waals surface area (Å²) in [6, 6.07) is 9.27. The average Bonchev–Trinajstić information content (AvgIpc) is 2.87. The van der Waals surface area contributed by atoms with Crippen LogP contribution in [0.15, 0.2) is 59.9 Å². The van der Waals surface area contributed by atoms with Crippen molar-refractivity contribution >= 4 is 31.4 Å². The lowest BCUT2D eigenvalue weighted by Gasteiger charge is -2.34. The van der Waals surface area contributed by atoms with Gasteiger partial charge in [-0.05, 0) is 36.2 Å². The van der Waals surface area contributed by atoms with E-state index in [0.29, 0.717) is 29.0 Å². The molecule has 14 heteroatoms. The average molecular weight is 569 g/mol. The van der Waals surface area contributed by atoms with Gasteiger partial charge in [0, 0.05) is 42.5 Å². The van der Waals surface area contributed by atoms with Crippen LogP contribution in [0.2, 0.25) is 0 Å². The first-order chi connectivity index (χ1) is 17.9. The number of aromatic nitrogens is 2. The van der Waals surface area contributed by atoms with Gasteiger partial charge in [-0.15, -0.1) is 0 Å². The molecule has 0 spiro atoms. The first kappa shape index (κ1) is 26.2. The second-order valence-electron chi connectivity index (χ2n) is 9.00. The Kier molecular flexibility index (Phi) is 6.71. The summed E-state index contributed by atoms with van der Waals surface area (Å²) >= 11 is 0. The molecule has 2 aliphatic rings. The Bertz CT molecular complexity index is 1550. The van der Waals surface area contributed by atoms with Gasteiger partial charge in [0.25, 0.3) is 10.0 Å². The van der Waals surface area contributed by atoms with Gasteiger partial charge in [0.05, 0.1) is 28.6 Å². The molecule has 1 unspecified atom stereocenters. The van der Waals surface area contributed by atoms with Crippen LogP contribution in [0.3, 0.4) is 0 Å². The standard InChI is InChI=1S/C24H23F3N4O5S2/c25-24(26,27)16-1-3-19(21(13-16)31-8-11-37(32,33)12-9-31)18-6-10-36-22-14-17(2-4-20(18)22)38(34,35)30-23-5-7-28-15-29-23/h1-5,7,13-15,18H,6,8-12H2,(H,28,29,30). The maximum absolute atomic E-state index is 13.6. The van der Waals surface area contributed by atoms with Crippen LogP contribution in [0, 0.1) is 0 Å². The lowest BCUT2D eigenvalue weighted by atomic mass is 9.85. The van der Waals surface area contributed by atoms with Gasteiger partial charge in [-0.3, -0.25) is 4.72 Å². The zero-order valence-corrected chi connectivity index (χ0v) is 21.5. The maximum atomic E-state index is 13.6. The first-order valence-corrected chi connectivity index (χ1v) is 15.0. The Morgan fingerprint density at radius 2 is 1.76 bits per heavy atom. The fourth-order valence-corrected chi connectivity index (χ4v) is 6.87. The SMILES string of the molecule is O=S1(=O)CCN(c2cc(C(F)(F)F)ccc2C2CCOc3cc(S(=O)(=O)Nc4ccncn4)ccc32)CC1. The molecular weight excluding hydrogens is 545 g/mol. The van der Waals surface area contributed by atoms with Crippen molar-refractivity contribution < 1.29 is 34.7 Å².